The van der Waals surface area contributed by atoms with Gasteiger partial charge >= 0.3 is 0 Å². The van der Waals surface area contributed by atoms with Crippen molar-refractivity contribution in [3.05, 3.63) is 61.4 Å². The van der Waals surface area contributed by atoms with E-state index in [2.05, 4.69) is 31.9 Å². The van der Waals surface area contributed by atoms with E-state index in [-0.39, 0.29) is 11.1 Å². The molecular formula is C19H15Br2NO4S. The Morgan fingerprint density at radius 3 is 2.44 bits per heavy atom. The highest BCUT2D eigenvalue weighted by Crippen LogP contribution is 2.39. The topological polar surface area (TPSA) is 55.8 Å². The molecule has 1 aliphatic heterocycles. The van der Waals surface area contributed by atoms with Crippen LogP contribution in [-0.2, 0) is 11.4 Å². The molecule has 0 atom stereocenters. The van der Waals surface area contributed by atoms with Crippen LogP contribution in [0.1, 0.15) is 11.1 Å². The van der Waals surface area contributed by atoms with Gasteiger partial charge in [0.15, 0.2) is 11.5 Å². The van der Waals surface area contributed by atoms with E-state index in [0.29, 0.717) is 27.5 Å². The van der Waals surface area contributed by atoms with Crippen molar-refractivity contribution in [2.75, 3.05) is 14.2 Å². The van der Waals surface area contributed by atoms with Crippen LogP contribution in [0.15, 0.2) is 50.2 Å². The highest BCUT2D eigenvalue weighted by Gasteiger charge is 2.31. The van der Waals surface area contributed by atoms with Crippen molar-refractivity contribution < 1.29 is 19.1 Å². The summed E-state index contributed by atoms with van der Waals surface area (Å²) in [6.45, 7) is 0.385. The molecule has 2 aromatic rings. The first-order valence-corrected chi connectivity index (χ1v) is 10.3. The number of hydrogen-bond acceptors (Lipinski definition) is 5. The lowest BCUT2D eigenvalue weighted by molar-refractivity contribution is -0.121. The van der Waals surface area contributed by atoms with Crippen molar-refractivity contribution in [2.24, 2.45) is 0 Å². The first kappa shape index (κ1) is 20.0. The molecule has 8 heteroatoms. The Morgan fingerprint density at radius 1 is 1.15 bits per heavy atom. The number of carbonyl (C=O) groups excluding carboxylic acids is 2. The van der Waals surface area contributed by atoms with Gasteiger partial charge in [-0.1, -0.05) is 28.1 Å². The summed E-state index contributed by atoms with van der Waals surface area (Å²) in [4.78, 5) is 25.2. The molecule has 0 aliphatic carbocycles. The van der Waals surface area contributed by atoms with Crippen molar-refractivity contribution in [2.45, 2.75) is 6.61 Å². The number of methoxy groups -OCH3 is 1. The number of hydrogen-bond donors (Lipinski definition) is 0. The fourth-order valence-corrected chi connectivity index (χ4v) is 4.06. The summed E-state index contributed by atoms with van der Waals surface area (Å²) >= 11 is 7.83. The van der Waals surface area contributed by atoms with Crippen LogP contribution in [0.4, 0.5) is 4.79 Å². The van der Waals surface area contributed by atoms with Crippen LogP contribution in [-0.4, -0.2) is 30.2 Å². The standard InChI is InChI=1S/C19H15Br2NO4S/c1-22-18(23)16(27-19(22)24)9-12-7-14(21)17(15(8-12)25-2)26-10-11-3-5-13(20)6-4-11/h3-9H,10H2,1-2H3/b16-9-. The van der Waals surface area contributed by atoms with E-state index in [1.165, 1.54) is 7.05 Å². The summed E-state index contributed by atoms with van der Waals surface area (Å²) in [7, 11) is 3.02. The molecule has 1 aliphatic rings. The molecule has 1 heterocycles. The van der Waals surface area contributed by atoms with Crippen molar-refractivity contribution >= 4 is 60.8 Å². The molecule has 1 fully saturated rings. The zero-order chi connectivity index (χ0) is 19.6. The van der Waals surface area contributed by atoms with E-state index in [1.807, 2.05) is 30.3 Å². The molecular weight excluding hydrogens is 498 g/mol. The summed E-state index contributed by atoms with van der Waals surface area (Å²) in [5.74, 6) is 0.792. The first-order valence-electron chi connectivity index (χ1n) is 7.85. The molecule has 0 N–H and O–H groups in total. The lowest BCUT2D eigenvalue weighted by Crippen LogP contribution is -2.22. The largest absolute Gasteiger partial charge is 0.493 e. The number of imide groups is 1. The van der Waals surface area contributed by atoms with Gasteiger partial charge in [-0.25, -0.2) is 0 Å². The van der Waals surface area contributed by atoms with Gasteiger partial charge in [-0.3, -0.25) is 14.5 Å². The summed E-state index contributed by atoms with van der Waals surface area (Å²) < 4.78 is 13.1. The minimum absolute atomic E-state index is 0.285. The Labute approximate surface area is 178 Å². The average Bonchev–Trinajstić information content (AvgIpc) is 2.88. The SMILES string of the molecule is COc1cc(/C=C2\SC(=O)N(C)C2=O)cc(Br)c1OCc1ccc(Br)cc1. The Bertz CT molecular complexity index is 928. The number of rotatable bonds is 5. The third-order valence-electron chi connectivity index (χ3n) is 3.83. The number of thioether (sulfide) groups is 1. The van der Waals surface area contributed by atoms with Crippen molar-refractivity contribution in [1.29, 1.82) is 0 Å². The van der Waals surface area contributed by atoms with Crippen molar-refractivity contribution in [3.8, 4) is 11.5 Å². The van der Waals surface area contributed by atoms with E-state index < -0.39 is 0 Å². The Morgan fingerprint density at radius 2 is 1.85 bits per heavy atom. The van der Waals surface area contributed by atoms with Crippen LogP contribution >= 0.6 is 43.6 Å². The molecule has 5 nitrogen and oxygen atoms in total. The van der Waals surface area contributed by atoms with E-state index >= 15 is 0 Å². The van der Waals surface area contributed by atoms with Gasteiger partial charge < -0.3 is 9.47 Å². The van der Waals surface area contributed by atoms with Gasteiger partial charge in [0.05, 0.1) is 16.5 Å². The van der Waals surface area contributed by atoms with Gasteiger partial charge in [0.1, 0.15) is 6.61 Å². The highest BCUT2D eigenvalue weighted by atomic mass is 79.9. The number of likely N-dealkylation sites (N-methyl/N-ethyl adjacent to an activating group) is 1. The van der Waals surface area contributed by atoms with Gasteiger partial charge in [-0.2, -0.15) is 0 Å². The molecule has 140 valence electrons. The second-order valence-electron chi connectivity index (χ2n) is 5.69. The summed E-state index contributed by atoms with van der Waals surface area (Å²) in [6, 6.07) is 11.4. The van der Waals surface area contributed by atoms with Crippen LogP contribution in [0.5, 0.6) is 11.5 Å². The van der Waals surface area contributed by atoms with Gasteiger partial charge in [0.2, 0.25) is 0 Å². The zero-order valence-electron chi connectivity index (χ0n) is 14.5. The number of ether oxygens (including phenoxy) is 2. The molecule has 1 saturated heterocycles. The predicted molar refractivity (Wildman–Crippen MR) is 113 cm³/mol. The molecule has 0 saturated carbocycles. The van der Waals surface area contributed by atoms with Crippen LogP contribution in [0.3, 0.4) is 0 Å². The molecule has 2 amide bonds. The van der Waals surface area contributed by atoms with E-state index in [4.69, 9.17) is 9.47 Å². The number of halogens is 2. The summed E-state index contributed by atoms with van der Waals surface area (Å²) in [5, 5.41) is -0.285. The quantitative estimate of drug-likeness (QED) is 0.497. The molecule has 0 radical (unpaired) electrons. The minimum atomic E-state index is -0.310. The zero-order valence-corrected chi connectivity index (χ0v) is 18.5. The maximum absolute atomic E-state index is 12.1. The molecule has 0 aromatic heterocycles. The van der Waals surface area contributed by atoms with Crippen LogP contribution in [0.2, 0.25) is 0 Å². The lowest BCUT2D eigenvalue weighted by atomic mass is 10.1. The number of carbonyl (C=O) groups is 2. The lowest BCUT2D eigenvalue weighted by Gasteiger charge is -2.14. The fourth-order valence-electron chi connectivity index (χ4n) is 2.40. The van der Waals surface area contributed by atoms with Crippen molar-refractivity contribution in [1.82, 2.24) is 4.90 Å². The fraction of sp³-hybridized carbons (Fsp3) is 0.158. The van der Waals surface area contributed by atoms with Crippen molar-refractivity contribution in [3.63, 3.8) is 0 Å². The normalized spacial score (nSPS) is 15.6. The third-order valence-corrected chi connectivity index (χ3v) is 5.91. The van der Waals surface area contributed by atoms with Gasteiger partial charge in [-0.15, -0.1) is 0 Å². The van der Waals surface area contributed by atoms with E-state index in [1.54, 1.807) is 19.3 Å². The second kappa shape index (κ2) is 8.50. The number of benzene rings is 2. The monoisotopic (exact) mass is 511 g/mol. The number of amides is 2. The molecule has 2 aromatic carbocycles. The summed E-state index contributed by atoms with van der Waals surface area (Å²) in [6.07, 6.45) is 1.67. The first-order chi connectivity index (χ1) is 12.9. The average molecular weight is 513 g/mol. The Hall–Kier alpha value is -1.77. The summed E-state index contributed by atoms with van der Waals surface area (Å²) in [5.41, 5.74) is 1.75. The third kappa shape index (κ3) is 4.56. The molecule has 27 heavy (non-hydrogen) atoms. The van der Waals surface area contributed by atoms with E-state index in [0.717, 1.165) is 32.3 Å². The second-order valence-corrected chi connectivity index (χ2v) is 8.45. The molecule has 3 rings (SSSR count). The van der Waals surface area contributed by atoms with Gasteiger partial charge in [0, 0.05) is 11.5 Å². The van der Waals surface area contributed by atoms with E-state index in [9.17, 15) is 9.59 Å². The van der Waals surface area contributed by atoms with Crippen LogP contribution < -0.4 is 9.47 Å². The maximum atomic E-state index is 12.1. The van der Waals surface area contributed by atoms with Gasteiger partial charge in [-0.05, 0) is 69.2 Å². The minimum Gasteiger partial charge on any atom is -0.493 e. The number of nitrogens with zero attached hydrogens (tertiary/aromatic N) is 1. The highest BCUT2D eigenvalue weighted by molar-refractivity contribution is 9.10. The smallest absolute Gasteiger partial charge is 0.293 e. The molecule has 0 spiro atoms. The molecule has 0 unspecified atom stereocenters. The van der Waals surface area contributed by atoms with Crippen LogP contribution in [0.25, 0.3) is 6.08 Å². The Balaban J connectivity index is 1.84. The predicted octanol–water partition coefficient (Wildman–Crippen LogP) is 5.47. The van der Waals surface area contributed by atoms with Crippen LogP contribution in [0, 0.1) is 0 Å². The maximum Gasteiger partial charge on any atom is 0.293 e. The molecule has 0 bridgehead atoms. The van der Waals surface area contributed by atoms with Gasteiger partial charge in [0.25, 0.3) is 11.1 Å². The Kier molecular flexibility index (Phi) is 6.29.